The van der Waals surface area contributed by atoms with E-state index in [0.29, 0.717) is 4.99 Å². The maximum atomic E-state index is 5.68. The first-order chi connectivity index (χ1) is 8.65. The first-order valence-electron chi connectivity index (χ1n) is 5.95. The van der Waals surface area contributed by atoms with Crippen molar-refractivity contribution in [3.8, 4) is 0 Å². The predicted molar refractivity (Wildman–Crippen MR) is 80.2 cm³/mol. The van der Waals surface area contributed by atoms with Crippen LogP contribution in [0.4, 0.5) is 5.69 Å². The van der Waals surface area contributed by atoms with E-state index in [1.165, 1.54) is 0 Å². The van der Waals surface area contributed by atoms with Gasteiger partial charge in [-0.3, -0.25) is 0 Å². The molecule has 0 radical (unpaired) electrons. The predicted octanol–water partition coefficient (Wildman–Crippen LogP) is 1.31. The zero-order valence-electron chi connectivity index (χ0n) is 11.0. The molecule has 0 aliphatic carbocycles. The van der Waals surface area contributed by atoms with Crippen molar-refractivity contribution in [1.29, 1.82) is 0 Å². The first-order valence-corrected chi connectivity index (χ1v) is 6.36. The monoisotopic (exact) mass is 267 g/mol. The fourth-order valence-corrected chi connectivity index (χ4v) is 1.77. The van der Waals surface area contributed by atoms with Crippen molar-refractivity contribution in [3.63, 3.8) is 0 Å². The largest absolute Gasteiger partial charge is 0.389 e. The zero-order valence-corrected chi connectivity index (χ0v) is 11.8. The maximum Gasteiger partial charge on any atom is 0.106 e. The van der Waals surface area contributed by atoms with Gasteiger partial charge in [0.25, 0.3) is 0 Å². The number of benzene rings is 1. The fourth-order valence-electron chi connectivity index (χ4n) is 1.59. The zero-order chi connectivity index (χ0) is 13.4. The molecule has 0 saturated carbocycles. The van der Waals surface area contributed by atoms with Gasteiger partial charge in [0, 0.05) is 38.0 Å². The van der Waals surface area contributed by atoms with E-state index in [0.717, 1.165) is 37.5 Å². The second-order valence-electron chi connectivity index (χ2n) is 4.13. The summed E-state index contributed by atoms with van der Waals surface area (Å²) in [4.78, 5) is 2.63. The van der Waals surface area contributed by atoms with Gasteiger partial charge in [0.2, 0.25) is 0 Å². The topological polar surface area (TPSA) is 50.5 Å². The molecule has 0 aromatic heterocycles. The highest BCUT2D eigenvalue weighted by atomic mass is 32.1. The molecule has 0 fully saturated rings. The Hall–Kier alpha value is -1.17. The van der Waals surface area contributed by atoms with E-state index < -0.39 is 0 Å². The van der Waals surface area contributed by atoms with Crippen LogP contribution in [0, 0.1) is 0 Å². The SMILES string of the molecule is COCCN(C)CCNc1ccccc1C(N)=S. The Morgan fingerprint density at radius 2 is 2.11 bits per heavy atom. The normalized spacial score (nSPS) is 10.6. The Balaban J connectivity index is 2.41. The minimum absolute atomic E-state index is 0.422. The number of nitrogens with one attached hydrogen (secondary N) is 1. The average Bonchev–Trinajstić information content (AvgIpc) is 2.36. The Morgan fingerprint density at radius 3 is 2.78 bits per heavy atom. The summed E-state index contributed by atoms with van der Waals surface area (Å²) in [5, 5.41) is 3.35. The molecule has 0 aliphatic rings. The van der Waals surface area contributed by atoms with E-state index in [4.69, 9.17) is 22.7 Å². The summed E-state index contributed by atoms with van der Waals surface area (Å²) in [6, 6.07) is 7.83. The number of ether oxygens (including phenoxy) is 1. The van der Waals surface area contributed by atoms with E-state index in [9.17, 15) is 0 Å². The molecule has 100 valence electrons. The van der Waals surface area contributed by atoms with Gasteiger partial charge < -0.3 is 20.7 Å². The van der Waals surface area contributed by atoms with E-state index in [-0.39, 0.29) is 0 Å². The molecule has 1 rings (SSSR count). The molecule has 1 aromatic carbocycles. The summed E-state index contributed by atoms with van der Waals surface area (Å²) in [6.45, 7) is 3.46. The summed E-state index contributed by atoms with van der Waals surface area (Å²) in [5.74, 6) is 0. The number of anilines is 1. The smallest absolute Gasteiger partial charge is 0.106 e. The molecule has 0 heterocycles. The summed E-state index contributed by atoms with van der Waals surface area (Å²) < 4.78 is 5.03. The number of nitrogens with zero attached hydrogens (tertiary/aromatic N) is 1. The molecule has 0 aliphatic heterocycles. The van der Waals surface area contributed by atoms with Crippen LogP contribution in [-0.4, -0.2) is 50.3 Å². The van der Waals surface area contributed by atoms with Crippen molar-refractivity contribution in [3.05, 3.63) is 29.8 Å². The molecule has 0 amide bonds. The van der Waals surface area contributed by atoms with Gasteiger partial charge in [-0.05, 0) is 19.2 Å². The van der Waals surface area contributed by atoms with Crippen LogP contribution in [-0.2, 0) is 4.74 Å². The van der Waals surface area contributed by atoms with Crippen LogP contribution in [0.5, 0.6) is 0 Å². The quantitative estimate of drug-likeness (QED) is 0.696. The molecule has 18 heavy (non-hydrogen) atoms. The van der Waals surface area contributed by atoms with Crippen molar-refractivity contribution >= 4 is 22.9 Å². The molecule has 0 atom stereocenters. The van der Waals surface area contributed by atoms with Crippen LogP contribution in [0.25, 0.3) is 0 Å². The number of para-hydroxylation sites is 1. The number of nitrogens with two attached hydrogens (primary N) is 1. The van der Waals surface area contributed by atoms with Crippen LogP contribution < -0.4 is 11.1 Å². The van der Waals surface area contributed by atoms with Crippen LogP contribution in [0.3, 0.4) is 0 Å². The first kappa shape index (κ1) is 14.9. The second kappa shape index (κ2) is 8.02. The van der Waals surface area contributed by atoms with Gasteiger partial charge in [-0.15, -0.1) is 0 Å². The van der Waals surface area contributed by atoms with Crippen molar-refractivity contribution in [2.75, 3.05) is 45.7 Å². The molecule has 0 saturated heterocycles. The number of hydrogen-bond donors (Lipinski definition) is 2. The van der Waals surface area contributed by atoms with Gasteiger partial charge in [0.05, 0.1) is 6.61 Å². The molecular weight excluding hydrogens is 246 g/mol. The lowest BCUT2D eigenvalue weighted by atomic mass is 10.2. The second-order valence-corrected chi connectivity index (χ2v) is 4.57. The lowest BCUT2D eigenvalue weighted by Gasteiger charge is -2.17. The van der Waals surface area contributed by atoms with E-state index >= 15 is 0 Å². The fraction of sp³-hybridized carbons (Fsp3) is 0.462. The van der Waals surface area contributed by atoms with Gasteiger partial charge in [-0.1, -0.05) is 24.4 Å². The highest BCUT2D eigenvalue weighted by Crippen LogP contribution is 2.14. The molecule has 1 aromatic rings. The molecule has 0 unspecified atom stereocenters. The molecule has 3 N–H and O–H groups in total. The van der Waals surface area contributed by atoms with Gasteiger partial charge in [0.1, 0.15) is 4.99 Å². The van der Waals surface area contributed by atoms with Crippen LogP contribution in [0.15, 0.2) is 24.3 Å². The van der Waals surface area contributed by atoms with Gasteiger partial charge in [-0.25, -0.2) is 0 Å². The Morgan fingerprint density at radius 1 is 1.39 bits per heavy atom. The maximum absolute atomic E-state index is 5.68. The van der Waals surface area contributed by atoms with E-state index in [2.05, 4.69) is 17.3 Å². The average molecular weight is 267 g/mol. The summed E-state index contributed by atoms with van der Waals surface area (Å²) in [6.07, 6.45) is 0. The minimum Gasteiger partial charge on any atom is -0.389 e. The number of hydrogen-bond acceptors (Lipinski definition) is 4. The summed E-state index contributed by atoms with van der Waals surface area (Å²) >= 11 is 5.02. The summed E-state index contributed by atoms with van der Waals surface area (Å²) in [5.41, 5.74) is 7.56. The number of methoxy groups -OCH3 is 1. The molecule has 4 nitrogen and oxygen atoms in total. The van der Waals surface area contributed by atoms with Crippen molar-refractivity contribution in [2.24, 2.45) is 5.73 Å². The molecule has 5 heteroatoms. The van der Waals surface area contributed by atoms with E-state index in [1.807, 2.05) is 24.3 Å². The number of thiocarbonyl (C=S) groups is 1. The molecule has 0 bridgehead atoms. The Bertz CT molecular complexity index is 384. The lowest BCUT2D eigenvalue weighted by Crippen LogP contribution is -2.28. The van der Waals surface area contributed by atoms with Crippen LogP contribution in [0.1, 0.15) is 5.56 Å². The highest BCUT2D eigenvalue weighted by Gasteiger charge is 2.03. The number of likely N-dealkylation sites (N-methyl/N-ethyl adjacent to an activating group) is 1. The van der Waals surface area contributed by atoms with Crippen LogP contribution >= 0.6 is 12.2 Å². The van der Waals surface area contributed by atoms with Crippen LogP contribution in [0.2, 0.25) is 0 Å². The van der Waals surface area contributed by atoms with Gasteiger partial charge in [0.15, 0.2) is 0 Å². The highest BCUT2D eigenvalue weighted by molar-refractivity contribution is 7.80. The van der Waals surface area contributed by atoms with Crippen molar-refractivity contribution < 1.29 is 4.74 Å². The van der Waals surface area contributed by atoms with E-state index in [1.54, 1.807) is 7.11 Å². The minimum atomic E-state index is 0.422. The lowest BCUT2D eigenvalue weighted by molar-refractivity contribution is 0.163. The van der Waals surface area contributed by atoms with Gasteiger partial charge in [-0.2, -0.15) is 0 Å². The standard InChI is InChI=1S/C13H21N3OS/c1-16(9-10-17-2)8-7-15-12-6-4-3-5-11(12)13(14)18/h3-6,15H,7-10H2,1-2H3,(H2,14,18). The molecule has 0 spiro atoms. The van der Waals surface area contributed by atoms with Crippen molar-refractivity contribution in [1.82, 2.24) is 4.90 Å². The Labute approximate surface area is 114 Å². The van der Waals surface area contributed by atoms with Crippen molar-refractivity contribution in [2.45, 2.75) is 0 Å². The van der Waals surface area contributed by atoms with Gasteiger partial charge >= 0.3 is 0 Å². The molecular formula is C13H21N3OS. The third-order valence-electron chi connectivity index (χ3n) is 2.68. The number of rotatable bonds is 8. The third-order valence-corrected chi connectivity index (χ3v) is 2.90. The summed E-state index contributed by atoms with van der Waals surface area (Å²) in [7, 11) is 3.78. The Kier molecular flexibility index (Phi) is 6.64. The third kappa shape index (κ3) is 5.00.